The molecule has 0 aromatic carbocycles. The van der Waals surface area contributed by atoms with Crippen molar-refractivity contribution in [1.29, 1.82) is 0 Å². The second kappa shape index (κ2) is 4.39. The number of nitrogens with one attached hydrogen (secondary N) is 1. The first-order valence-electron chi connectivity index (χ1n) is 3.92. The number of carbonyl (C=O) groups is 1. The van der Waals surface area contributed by atoms with Crippen LogP contribution in [0.2, 0.25) is 0 Å². The van der Waals surface area contributed by atoms with Crippen LogP contribution in [0.15, 0.2) is 28.2 Å². The Bertz CT molecular complexity index is 396. The Morgan fingerprint density at radius 3 is 3.21 bits per heavy atom. The number of hydrogen-bond donors (Lipinski definition) is 1. The van der Waals surface area contributed by atoms with Crippen molar-refractivity contribution in [3.8, 4) is 0 Å². The van der Waals surface area contributed by atoms with E-state index in [-0.39, 0.29) is 5.78 Å². The third-order valence-electron chi connectivity index (χ3n) is 1.57. The number of H-pyrrole nitrogens is 1. The van der Waals surface area contributed by atoms with Gasteiger partial charge in [0.2, 0.25) is 0 Å². The van der Waals surface area contributed by atoms with Crippen molar-refractivity contribution >= 4 is 28.9 Å². The fraction of sp³-hybridized carbons (Fsp3) is 0.125. The van der Waals surface area contributed by atoms with E-state index in [1.165, 1.54) is 23.1 Å². The number of carbonyl (C=O) groups excluding carboxylic acids is 1. The summed E-state index contributed by atoms with van der Waals surface area (Å²) in [5, 5.41) is 7.53. The maximum Gasteiger partial charge on any atom is 0.189 e. The van der Waals surface area contributed by atoms with Crippen molar-refractivity contribution < 1.29 is 4.79 Å². The van der Waals surface area contributed by atoms with E-state index < -0.39 is 0 Å². The number of thioether (sulfide) groups is 1. The summed E-state index contributed by atoms with van der Waals surface area (Å²) >= 11 is 2.85. The Kier molecular flexibility index (Phi) is 2.95. The van der Waals surface area contributed by atoms with Gasteiger partial charge in [0.05, 0.1) is 11.4 Å². The molecule has 0 amide bonds. The molecule has 0 aliphatic rings. The molecule has 0 aliphatic heterocycles. The van der Waals surface area contributed by atoms with Crippen molar-refractivity contribution in [2.75, 3.05) is 5.75 Å². The fourth-order valence-corrected chi connectivity index (χ4v) is 2.31. The molecular formula is C8H7N3OS2. The van der Waals surface area contributed by atoms with Gasteiger partial charge < -0.3 is 4.98 Å². The molecule has 2 aromatic rings. The summed E-state index contributed by atoms with van der Waals surface area (Å²) in [6, 6.07) is 3.58. The average Bonchev–Trinajstić information content (AvgIpc) is 2.87. The van der Waals surface area contributed by atoms with Gasteiger partial charge in [0.1, 0.15) is 5.51 Å². The second-order valence-electron chi connectivity index (χ2n) is 2.50. The first-order valence-corrected chi connectivity index (χ1v) is 5.78. The molecule has 6 heteroatoms. The van der Waals surface area contributed by atoms with Crippen molar-refractivity contribution in [3.63, 3.8) is 0 Å². The first kappa shape index (κ1) is 9.42. The summed E-state index contributed by atoms with van der Waals surface area (Å²) in [5.74, 6) is 0.477. The molecule has 0 saturated heterocycles. The monoisotopic (exact) mass is 225 g/mol. The summed E-state index contributed by atoms with van der Waals surface area (Å²) in [7, 11) is 0. The number of hydrogen-bond acceptors (Lipinski definition) is 5. The quantitative estimate of drug-likeness (QED) is 0.637. The molecular weight excluding hydrogens is 218 g/mol. The molecule has 0 bridgehead atoms. The van der Waals surface area contributed by atoms with Gasteiger partial charge in [0.15, 0.2) is 10.1 Å². The van der Waals surface area contributed by atoms with Gasteiger partial charge in [0.25, 0.3) is 0 Å². The van der Waals surface area contributed by atoms with Gasteiger partial charge in [-0.05, 0) is 12.1 Å². The number of ketones is 1. The standard InChI is InChI=1S/C8H7N3OS2/c12-7(6-2-1-3-9-6)4-13-8-11-10-5-14-8/h1-3,5,9H,4H2. The van der Waals surface area contributed by atoms with E-state index in [2.05, 4.69) is 15.2 Å². The first-order chi connectivity index (χ1) is 6.86. The molecule has 2 heterocycles. The summed E-state index contributed by atoms with van der Waals surface area (Å²) in [5.41, 5.74) is 2.29. The van der Waals surface area contributed by atoms with Crippen LogP contribution in [-0.2, 0) is 0 Å². The molecule has 1 N–H and O–H groups in total. The fourth-order valence-electron chi connectivity index (χ4n) is 0.935. The molecule has 0 atom stereocenters. The van der Waals surface area contributed by atoms with E-state index >= 15 is 0 Å². The highest BCUT2D eigenvalue weighted by molar-refractivity contribution is 8.01. The Morgan fingerprint density at radius 2 is 2.57 bits per heavy atom. The van der Waals surface area contributed by atoms with E-state index in [1.807, 2.05) is 6.07 Å². The highest BCUT2D eigenvalue weighted by Crippen LogP contribution is 2.19. The lowest BCUT2D eigenvalue weighted by atomic mass is 10.3. The predicted octanol–water partition coefficient (Wildman–Crippen LogP) is 1.84. The van der Waals surface area contributed by atoms with Crippen LogP contribution < -0.4 is 0 Å². The van der Waals surface area contributed by atoms with Gasteiger partial charge in [-0.15, -0.1) is 10.2 Å². The molecule has 0 radical (unpaired) electrons. The molecule has 0 fully saturated rings. The van der Waals surface area contributed by atoms with Crippen LogP contribution in [0.25, 0.3) is 0 Å². The summed E-state index contributed by atoms with van der Waals surface area (Å²) in [4.78, 5) is 14.4. The van der Waals surface area contributed by atoms with Crippen LogP contribution in [0.5, 0.6) is 0 Å². The molecule has 72 valence electrons. The maximum atomic E-state index is 11.5. The Balaban J connectivity index is 1.90. The zero-order chi connectivity index (χ0) is 9.80. The summed E-state index contributed by atoms with van der Waals surface area (Å²) in [6.45, 7) is 0. The normalized spacial score (nSPS) is 10.3. The van der Waals surface area contributed by atoms with Crippen molar-refractivity contribution in [3.05, 3.63) is 29.5 Å². The minimum atomic E-state index is 0.0789. The van der Waals surface area contributed by atoms with E-state index in [0.29, 0.717) is 11.4 Å². The zero-order valence-corrected chi connectivity index (χ0v) is 8.77. The number of aromatic amines is 1. The molecule has 0 spiro atoms. The predicted molar refractivity (Wildman–Crippen MR) is 55.8 cm³/mol. The summed E-state index contributed by atoms with van der Waals surface area (Å²) in [6.07, 6.45) is 1.74. The molecule has 0 unspecified atom stereocenters. The number of nitrogens with zero attached hydrogens (tertiary/aromatic N) is 2. The van der Waals surface area contributed by atoms with E-state index in [1.54, 1.807) is 17.8 Å². The van der Waals surface area contributed by atoms with Gasteiger partial charge >= 0.3 is 0 Å². The molecule has 0 saturated carbocycles. The number of Topliss-reactive ketones (excluding diaryl/α,β-unsaturated/α-hetero) is 1. The van der Waals surface area contributed by atoms with E-state index in [4.69, 9.17) is 0 Å². The van der Waals surface area contributed by atoms with Crippen LogP contribution >= 0.6 is 23.1 Å². The topological polar surface area (TPSA) is 58.6 Å². The van der Waals surface area contributed by atoms with Gasteiger partial charge in [-0.3, -0.25) is 4.79 Å². The molecule has 2 rings (SSSR count). The lowest BCUT2D eigenvalue weighted by Gasteiger charge is -1.94. The minimum Gasteiger partial charge on any atom is -0.359 e. The van der Waals surface area contributed by atoms with E-state index in [9.17, 15) is 4.79 Å². The van der Waals surface area contributed by atoms with Crippen LogP contribution in [0, 0.1) is 0 Å². The Labute approximate surface area is 88.8 Å². The third-order valence-corrected chi connectivity index (χ3v) is 3.43. The lowest BCUT2D eigenvalue weighted by Crippen LogP contribution is -2.02. The molecule has 0 aliphatic carbocycles. The lowest BCUT2D eigenvalue weighted by molar-refractivity contribution is 0.101. The van der Waals surface area contributed by atoms with Gasteiger partial charge in [-0.25, -0.2) is 0 Å². The van der Waals surface area contributed by atoms with Crippen LogP contribution in [0.3, 0.4) is 0 Å². The highest BCUT2D eigenvalue weighted by Gasteiger charge is 2.07. The average molecular weight is 225 g/mol. The van der Waals surface area contributed by atoms with Gasteiger partial charge in [-0.2, -0.15) is 0 Å². The Morgan fingerprint density at radius 1 is 1.64 bits per heavy atom. The summed E-state index contributed by atoms with van der Waals surface area (Å²) < 4.78 is 0.824. The SMILES string of the molecule is O=C(CSc1nncs1)c1ccc[nH]1. The van der Waals surface area contributed by atoms with Gasteiger partial charge in [0, 0.05) is 6.20 Å². The molecule has 2 aromatic heterocycles. The van der Waals surface area contributed by atoms with Crippen LogP contribution in [-0.4, -0.2) is 26.7 Å². The second-order valence-corrected chi connectivity index (χ2v) is 4.56. The smallest absolute Gasteiger partial charge is 0.189 e. The maximum absolute atomic E-state index is 11.5. The van der Waals surface area contributed by atoms with Crippen LogP contribution in [0.4, 0.5) is 0 Å². The van der Waals surface area contributed by atoms with Crippen LogP contribution in [0.1, 0.15) is 10.5 Å². The van der Waals surface area contributed by atoms with Gasteiger partial charge in [-0.1, -0.05) is 23.1 Å². The minimum absolute atomic E-state index is 0.0789. The molecule has 4 nitrogen and oxygen atoms in total. The number of aromatic nitrogens is 3. The zero-order valence-electron chi connectivity index (χ0n) is 7.14. The molecule has 14 heavy (non-hydrogen) atoms. The van der Waals surface area contributed by atoms with E-state index in [0.717, 1.165) is 4.34 Å². The largest absolute Gasteiger partial charge is 0.359 e. The van der Waals surface area contributed by atoms with Crippen molar-refractivity contribution in [1.82, 2.24) is 15.2 Å². The van der Waals surface area contributed by atoms with Crippen molar-refractivity contribution in [2.45, 2.75) is 4.34 Å². The highest BCUT2D eigenvalue weighted by atomic mass is 32.2. The van der Waals surface area contributed by atoms with Crippen molar-refractivity contribution in [2.24, 2.45) is 0 Å². The third kappa shape index (κ3) is 2.21. The Hall–Kier alpha value is -1.14. The number of rotatable bonds is 4.